The summed E-state index contributed by atoms with van der Waals surface area (Å²) in [6, 6.07) is 0. The highest BCUT2D eigenvalue weighted by atomic mass is 16.5. The van der Waals surface area contributed by atoms with E-state index in [2.05, 4.69) is 0 Å². The molecule has 0 aliphatic carbocycles. The van der Waals surface area contributed by atoms with Gasteiger partial charge in [-0.1, -0.05) is 13.8 Å². The average molecular weight is 218 g/mol. The first-order valence-electron chi connectivity index (χ1n) is 5.58. The van der Waals surface area contributed by atoms with Gasteiger partial charge in [0.05, 0.1) is 17.8 Å². The molecule has 3 heteroatoms. The van der Waals surface area contributed by atoms with Crippen LogP contribution in [0.1, 0.15) is 41.5 Å². The van der Waals surface area contributed by atoms with Crippen LogP contribution in [0.2, 0.25) is 0 Å². The molecule has 3 nitrogen and oxygen atoms in total. The SMILES string of the molecule is CC(COC(C)(C)C(C)CO)C(C)(C)O. The lowest BCUT2D eigenvalue weighted by atomic mass is 9.91. The lowest BCUT2D eigenvalue weighted by molar-refractivity contribution is -0.106. The van der Waals surface area contributed by atoms with Crippen molar-refractivity contribution in [3.8, 4) is 0 Å². The number of hydrogen-bond acceptors (Lipinski definition) is 3. The second-order valence-electron chi connectivity index (χ2n) is 5.55. The molecule has 0 spiro atoms. The first kappa shape index (κ1) is 14.9. The van der Waals surface area contributed by atoms with E-state index in [1.165, 1.54) is 0 Å². The van der Waals surface area contributed by atoms with Crippen LogP contribution in [0.25, 0.3) is 0 Å². The molecule has 0 fully saturated rings. The Morgan fingerprint density at radius 3 is 1.87 bits per heavy atom. The minimum atomic E-state index is -0.724. The van der Waals surface area contributed by atoms with Gasteiger partial charge in [0.1, 0.15) is 0 Å². The van der Waals surface area contributed by atoms with E-state index < -0.39 is 5.60 Å². The van der Waals surface area contributed by atoms with Gasteiger partial charge >= 0.3 is 0 Å². The van der Waals surface area contributed by atoms with Crippen molar-refractivity contribution < 1.29 is 14.9 Å². The fourth-order valence-corrected chi connectivity index (χ4v) is 0.906. The molecule has 0 aliphatic rings. The smallest absolute Gasteiger partial charge is 0.0673 e. The second kappa shape index (κ2) is 5.28. The molecule has 15 heavy (non-hydrogen) atoms. The predicted octanol–water partition coefficient (Wildman–Crippen LogP) is 1.82. The van der Waals surface area contributed by atoms with Gasteiger partial charge in [0.15, 0.2) is 0 Å². The van der Waals surface area contributed by atoms with E-state index in [4.69, 9.17) is 9.84 Å². The highest BCUT2D eigenvalue weighted by molar-refractivity contribution is 4.78. The molecule has 0 aromatic rings. The average Bonchev–Trinajstić information content (AvgIpc) is 2.11. The molecule has 2 N–H and O–H groups in total. The summed E-state index contributed by atoms with van der Waals surface area (Å²) < 4.78 is 5.75. The van der Waals surface area contributed by atoms with Crippen LogP contribution in [0, 0.1) is 11.8 Å². The van der Waals surface area contributed by atoms with Gasteiger partial charge in [-0.15, -0.1) is 0 Å². The van der Waals surface area contributed by atoms with E-state index in [-0.39, 0.29) is 24.0 Å². The summed E-state index contributed by atoms with van der Waals surface area (Å²) in [7, 11) is 0. The Morgan fingerprint density at radius 2 is 1.53 bits per heavy atom. The highest BCUT2D eigenvalue weighted by Gasteiger charge is 2.29. The minimum absolute atomic E-state index is 0.0719. The van der Waals surface area contributed by atoms with Crippen LogP contribution >= 0.6 is 0 Å². The van der Waals surface area contributed by atoms with Crippen molar-refractivity contribution in [1.82, 2.24) is 0 Å². The van der Waals surface area contributed by atoms with E-state index in [0.717, 1.165) is 0 Å². The van der Waals surface area contributed by atoms with Gasteiger partial charge < -0.3 is 14.9 Å². The number of aliphatic hydroxyl groups is 2. The van der Waals surface area contributed by atoms with Gasteiger partial charge in [-0.25, -0.2) is 0 Å². The summed E-state index contributed by atoms with van der Waals surface area (Å²) in [5.74, 6) is 0.161. The highest BCUT2D eigenvalue weighted by Crippen LogP contribution is 2.24. The summed E-state index contributed by atoms with van der Waals surface area (Å²) in [5, 5.41) is 18.8. The van der Waals surface area contributed by atoms with Crippen molar-refractivity contribution in [2.45, 2.75) is 52.7 Å². The zero-order valence-electron chi connectivity index (χ0n) is 10.9. The normalized spacial score (nSPS) is 17.6. The van der Waals surface area contributed by atoms with Crippen molar-refractivity contribution >= 4 is 0 Å². The lowest BCUT2D eigenvalue weighted by Gasteiger charge is -2.34. The molecule has 0 radical (unpaired) electrons. The topological polar surface area (TPSA) is 49.7 Å². The van der Waals surface area contributed by atoms with Crippen LogP contribution < -0.4 is 0 Å². The van der Waals surface area contributed by atoms with Crippen LogP contribution in [0.5, 0.6) is 0 Å². The van der Waals surface area contributed by atoms with Crippen molar-refractivity contribution in [2.75, 3.05) is 13.2 Å². The van der Waals surface area contributed by atoms with Gasteiger partial charge in [0.25, 0.3) is 0 Å². The van der Waals surface area contributed by atoms with E-state index in [1.807, 2.05) is 27.7 Å². The Kier molecular flexibility index (Phi) is 5.24. The second-order valence-corrected chi connectivity index (χ2v) is 5.55. The van der Waals surface area contributed by atoms with Crippen molar-refractivity contribution in [1.29, 1.82) is 0 Å². The predicted molar refractivity (Wildman–Crippen MR) is 61.7 cm³/mol. The molecule has 2 unspecified atom stereocenters. The molecule has 0 aromatic carbocycles. The maximum atomic E-state index is 9.75. The summed E-state index contributed by atoms with van der Waals surface area (Å²) >= 11 is 0. The van der Waals surface area contributed by atoms with Crippen LogP contribution in [0.4, 0.5) is 0 Å². The summed E-state index contributed by atoms with van der Waals surface area (Å²) in [6.45, 7) is 12.0. The van der Waals surface area contributed by atoms with E-state index in [1.54, 1.807) is 13.8 Å². The first-order chi connectivity index (χ1) is 6.61. The zero-order valence-corrected chi connectivity index (χ0v) is 10.9. The van der Waals surface area contributed by atoms with E-state index >= 15 is 0 Å². The van der Waals surface area contributed by atoms with Gasteiger partial charge in [-0.2, -0.15) is 0 Å². The molecule has 0 aliphatic heterocycles. The van der Waals surface area contributed by atoms with E-state index in [0.29, 0.717) is 6.61 Å². The molecule has 0 aromatic heterocycles. The van der Waals surface area contributed by atoms with Crippen LogP contribution in [0.3, 0.4) is 0 Å². The standard InChI is InChI=1S/C12H26O3/c1-9(7-13)12(5,6)15-8-10(2)11(3,4)14/h9-10,13-14H,7-8H2,1-6H3. The largest absolute Gasteiger partial charge is 0.396 e. The number of aliphatic hydroxyl groups excluding tert-OH is 1. The Bertz CT molecular complexity index is 182. The molecule has 0 rings (SSSR count). The van der Waals surface area contributed by atoms with Gasteiger partial charge in [-0.05, 0) is 27.7 Å². The van der Waals surface area contributed by atoms with Crippen LogP contribution in [-0.4, -0.2) is 34.6 Å². The summed E-state index contributed by atoms with van der Waals surface area (Å²) in [4.78, 5) is 0. The molecule has 0 saturated heterocycles. The van der Waals surface area contributed by atoms with E-state index in [9.17, 15) is 5.11 Å². The Morgan fingerprint density at radius 1 is 1.07 bits per heavy atom. The minimum Gasteiger partial charge on any atom is -0.396 e. The lowest BCUT2D eigenvalue weighted by Crippen LogP contribution is -2.39. The maximum Gasteiger partial charge on any atom is 0.0673 e. The number of ether oxygens (including phenoxy) is 1. The monoisotopic (exact) mass is 218 g/mol. The Hall–Kier alpha value is -0.120. The Labute approximate surface area is 93.5 Å². The van der Waals surface area contributed by atoms with Crippen LogP contribution in [-0.2, 0) is 4.74 Å². The fraction of sp³-hybridized carbons (Fsp3) is 1.00. The van der Waals surface area contributed by atoms with Gasteiger partial charge in [0.2, 0.25) is 0 Å². The molecular formula is C12H26O3. The molecule has 0 heterocycles. The summed E-state index contributed by atoms with van der Waals surface area (Å²) in [5.41, 5.74) is -1.08. The quantitative estimate of drug-likeness (QED) is 0.715. The van der Waals surface area contributed by atoms with Crippen molar-refractivity contribution in [3.63, 3.8) is 0 Å². The third-order valence-electron chi connectivity index (χ3n) is 3.37. The molecule has 92 valence electrons. The third-order valence-corrected chi connectivity index (χ3v) is 3.37. The molecule has 2 atom stereocenters. The molecule has 0 saturated carbocycles. The van der Waals surface area contributed by atoms with Crippen LogP contribution in [0.15, 0.2) is 0 Å². The Balaban J connectivity index is 4.15. The van der Waals surface area contributed by atoms with Crippen molar-refractivity contribution in [3.05, 3.63) is 0 Å². The maximum absolute atomic E-state index is 9.75. The number of hydrogen-bond donors (Lipinski definition) is 2. The summed E-state index contributed by atoms with van der Waals surface area (Å²) in [6.07, 6.45) is 0. The molecule has 0 bridgehead atoms. The fourth-order valence-electron chi connectivity index (χ4n) is 0.906. The van der Waals surface area contributed by atoms with Crippen molar-refractivity contribution in [2.24, 2.45) is 11.8 Å². The third kappa shape index (κ3) is 4.96. The van der Waals surface area contributed by atoms with Gasteiger partial charge in [0, 0.05) is 18.4 Å². The molecule has 0 amide bonds. The number of rotatable bonds is 6. The van der Waals surface area contributed by atoms with Gasteiger partial charge in [-0.3, -0.25) is 0 Å². The molecular weight excluding hydrogens is 192 g/mol. The first-order valence-corrected chi connectivity index (χ1v) is 5.58. The zero-order chi connectivity index (χ0) is 12.3.